The number of ether oxygens (including phenoxy) is 1. The molecule has 0 saturated carbocycles. The smallest absolute Gasteiger partial charge is 0.416 e. The first-order valence-electron chi connectivity index (χ1n) is 9.41. The van der Waals surface area contributed by atoms with Gasteiger partial charge in [-0.3, -0.25) is 0 Å². The number of alkyl halides is 6. The Labute approximate surface area is 182 Å². The number of hydrogen-bond donors (Lipinski definition) is 0. The second kappa shape index (κ2) is 8.74. The van der Waals surface area contributed by atoms with Crippen LogP contribution >= 0.6 is 0 Å². The molecule has 0 unspecified atom stereocenters. The number of aromatic nitrogens is 2. The summed E-state index contributed by atoms with van der Waals surface area (Å²) in [5.41, 5.74) is 0.0425. The van der Waals surface area contributed by atoms with E-state index in [1.54, 1.807) is 0 Å². The van der Waals surface area contributed by atoms with Crippen LogP contribution in [0, 0.1) is 0 Å². The largest absolute Gasteiger partial charge is 0.444 e. The maximum absolute atomic E-state index is 12.7. The van der Waals surface area contributed by atoms with Gasteiger partial charge in [0, 0.05) is 11.1 Å². The third-order valence-electron chi connectivity index (χ3n) is 4.52. The normalized spacial score (nSPS) is 12.3. The maximum atomic E-state index is 12.7. The van der Waals surface area contributed by atoms with E-state index in [0.717, 1.165) is 24.3 Å². The second-order valence-electron chi connectivity index (χ2n) is 6.93. The highest BCUT2D eigenvalue weighted by Crippen LogP contribution is 2.32. The lowest BCUT2D eigenvalue weighted by molar-refractivity contribution is -0.138. The van der Waals surface area contributed by atoms with Crippen molar-refractivity contribution in [2.75, 3.05) is 0 Å². The van der Waals surface area contributed by atoms with Gasteiger partial charge < -0.3 is 13.6 Å². The van der Waals surface area contributed by atoms with Crippen molar-refractivity contribution in [2.24, 2.45) is 0 Å². The molecule has 0 fully saturated rings. The van der Waals surface area contributed by atoms with E-state index in [-0.39, 0.29) is 25.0 Å². The SMILES string of the molecule is FC(F)(F)c1ccc(-c2nc(COCc3coc(-c4ccc(C(F)(F)F)cc4)n3)co2)cc1. The van der Waals surface area contributed by atoms with Crippen molar-refractivity contribution < 1.29 is 39.9 Å². The fourth-order valence-electron chi connectivity index (χ4n) is 2.88. The molecule has 2 aromatic heterocycles. The minimum absolute atomic E-state index is 0.0343. The van der Waals surface area contributed by atoms with Crippen LogP contribution in [0.15, 0.2) is 69.9 Å². The Balaban J connectivity index is 1.33. The van der Waals surface area contributed by atoms with Crippen LogP contribution in [0.4, 0.5) is 26.3 Å². The quantitative estimate of drug-likeness (QED) is 0.293. The van der Waals surface area contributed by atoms with E-state index in [2.05, 4.69) is 9.97 Å². The van der Waals surface area contributed by atoms with Crippen molar-refractivity contribution >= 4 is 0 Å². The molecule has 0 saturated heterocycles. The summed E-state index contributed by atoms with van der Waals surface area (Å²) >= 11 is 0. The first-order chi connectivity index (χ1) is 15.6. The van der Waals surface area contributed by atoms with E-state index in [9.17, 15) is 26.3 Å². The summed E-state index contributed by atoms with van der Waals surface area (Å²) in [4.78, 5) is 8.35. The molecule has 33 heavy (non-hydrogen) atoms. The van der Waals surface area contributed by atoms with Gasteiger partial charge in [-0.15, -0.1) is 0 Å². The predicted octanol–water partition coefficient (Wildman–Crippen LogP) is 6.75. The summed E-state index contributed by atoms with van der Waals surface area (Å²) in [5, 5.41) is 0. The molecule has 2 heterocycles. The molecule has 0 atom stereocenters. The van der Waals surface area contributed by atoms with Crippen LogP contribution in [0.3, 0.4) is 0 Å². The number of hydrogen-bond acceptors (Lipinski definition) is 5. The van der Waals surface area contributed by atoms with E-state index in [1.807, 2.05) is 0 Å². The van der Waals surface area contributed by atoms with E-state index >= 15 is 0 Å². The maximum Gasteiger partial charge on any atom is 0.416 e. The van der Waals surface area contributed by atoms with E-state index < -0.39 is 23.5 Å². The van der Waals surface area contributed by atoms with Gasteiger partial charge in [0.15, 0.2) is 0 Å². The van der Waals surface area contributed by atoms with Crippen molar-refractivity contribution in [1.29, 1.82) is 0 Å². The standard InChI is InChI=1S/C22H14F6N2O3/c23-21(24,25)15-5-1-13(2-6-15)19-29-17(11-32-19)9-31-10-18-12-33-20(30-18)14-3-7-16(8-4-14)22(26,27)28/h1-8,11-12H,9-10H2. The highest BCUT2D eigenvalue weighted by molar-refractivity contribution is 5.54. The van der Waals surface area contributed by atoms with Gasteiger partial charge in [-0.05, 0) is 48.5 Å². The molecule has 0 aliphatic carbocycles. The highest BCUT2D eigenvalue weighted by atomic mass is 19.4. The third-order valence-corrected chi connectivity index (χ3v) is 4.52. The average molecular weight is 468 g/mol. The van der Waals surface area contributed by atoms with E-state index in [4.69, 9.17) is 13.6 Å². The van der Waals surface area contributed by atoms with Gasteiger partial charge in [0.25, 0.3) is 0 Å². The summed E-state index contributed by atoms with van der Waals surface area (Å²) < 4.78 is 92.0. The van der Waals surface area contributed by atoms with E-state index in [1.165, 1.54) is 36.8 Å². The van der Waals surface area contributed by atoms with Gasteiger partial charge in [0.05, 0.1) is 24.3 Å². The Morgan fingerprint density at radius 1 is 0.606 bits per heavy atom. The zero-order valence-corrected chi connectivity index (χ0v) is 16.6. The van der Waals surface area contributed by atoms with Crippen LogP contribution < -0.4 is 0 Å². The first-order valence-corrected chi connectivity index (χ1v) is 9.41. The second-order valence-corrected chi connectivity index (χ2v) is 6.93. The lowest BCUT2D eigenvalue weighted by atomic mass is 10.1. The number of nitrogens with zero attached hydrogens (tertiary/aromatic N) is 2. The van der Waals surface area contributed by atoms with Crippen LogP contribution in [0.25, 0.3) is 22.9 Å². The Hall–Kier alpha value is -3.60. The lowest BCUT2D eigenvalue weighted by Crippen LogP contribution is -2.04. The summed E-state index contributed by atoms with van der Waals surface area (Å²) in [6.45, 7) is 0.0687. The Kier molecular flexibility index (Phi) is 5.98. The zero-order chi connectivity index (χ0) is 23.6. The summed E-state index contributed by atoms with van der Waals surface area (Å²) in [6, 6.07) is 8.80. The van der Waals surface area contributed by atoms with Gasteiger partial charge in [0.1, 0.15) is 23.9 Å². The Morgan fingerprint density at radius 2 is 0.970 bits per heavy atom. The minimum Gasteiger partial charge on any atom is -0.444 e. The van der Waals surface area contributed by atoms with Crippen molar-refractivity contribution in [3.63, 3.8) is 0 Å². The average Bonchev–Trinajstić information content (AvgIpc) is 3.43. The van der Waals surface area contributed by atoms with E-state index in [0.29, 0.717) is 22.5 Å². The molecule has 0 N–H and O–H groups in total. The minimum atomic E-state index is -4.43. The van der Waals surface area contributed by atoms with Crippen LogP contribution in [-0.2, 0) is 30.3 Å². The van der Waals surface area contributed by atoms with Crippen molar-refractivity contribution in [3.8, 4) is 22.9 Å². The van der Waals surface area contributed by atoms with Gasteiger partial charge in [-0.25, -0.2) is 9.97 Å². The molecular formula is C22H14F6N2O3. The molecule has 4 rings (SSSR count). The van der Waals surface area contributed by atoms with Gasteiger partial charge in [-0.1, -0.05) is 0 Å². The number of oxazole rings is 2. The molecule has 0 amide bonds. The molecule has 0 spiro atoms. The summed E-state index contributed by atoms with van der Waals surface area (Å²) in [6.07, 6.45) is -6.21. The Bertz CT molecular complexity index is 1110. The van der Waals surface area contributed by atoms with Crippen molar-refractivity contribution in [3.05, 3.63) is 83.6 Å². The third kappa shape index (κ3) is 5.43. The molecule has 5 nitrogen and oxygen atoms in total. The van der Waals surface area contributed by atoms with Crippen LogP contribution in [0.1, 0.15) is 22.5 Å². The number of benzene rings is 2. The summed E-state index contributed by atoms with van der Waals surface area (Å²) in [5.74, 6) is 0.293. The first kappa shape index (κ1) is 22.6. The highest BCUT2D eigenvalue weighted by Gasteiger charge is 2.31. The molecule has 0 aliphatic rings. The fourth-order valence-corrected chi connectivity index (χ4v) is 2.88. The number of halogens is 6. The van der Waals surface area contributed by atoms with Gasteiger partial charge >= 0.3 is 12.4 Å². The lowest BCUT2D eigenvalue weighted by Gasteiger charge is -2.06. The molecule has 0 bridgehead atoms. The summed E-state index contributed by atoms with van der Waals surface area (Å²) in [7, 11) is 0. The zero-order valence-electron chi connectivity index (χ0n) is 16.6. The van der Waals surface area contributed by atoms with Gasteiger partial charge in [0.2, 0.25) is 11.8 Å². The van der Waals surface area contributed by atoms with Gasteiger partial charge in [-0.2, -0.15) is 26.3 Å². The van der Waals surface area contributed by atoms with Crippen LogP contribution in [-0.4, -0.2) is 9.97 Å². The molecular weight excluding hydrogens is 454 g/mol. The van der Waals surface area contributed by atoms with Crippen LogP contribution in [0.5, 0.6) is 0 Å². The molecule has 11 heteroatoms. The molecule has 2 aromatic carbocycles. The molecule has 0 radical (unpaired) electrons. The van der Waals surface area contributed by atoms with Crippen molar-refractivity contribution in [1.82, 2.24) is 9.97 Å². The van der Waals surface area contributed by atoms with Crippen molar-refractivity contribution in [2.45, 2.75) is 25.6 Å². The van der Waals surface area contributed by atoms with Crippen LogP contribution in [0.2, 0.25) is 0 Å². The monoisotopic (exact) mass is 468 g/mol. The molecule has 0 aliphatic heterocycles. The molecule has 4 aromatic rings. The fraction of sp³-hybridized carbons (Fsp3) is 0.182. The number of rotatable bonds is 6. The predicted molar refractivity (Wildman–Crippen MR) is 102 cm³/mol. The Morgan fingerprint density at radius 3 is 1.30 bits per heavy atom. The molecule has 172 valence electrons. The topological polar surface area (TPSA) is 61.3 Å².